The van der Waals surface area contributed by atoms with Crippen LogP contribution in [-0.4, -0.2) is 114 Å². The van der Waals surface area contributed by atoms with Gasteiger partial charge in [-0.15, -0.1) is 0 Å². The summed E-state index contributed by atoms with van der Waals surface area (Å²) in [5, 5.41) is 64.2. The topological polar surface area (TPSA) is 230 Å². The van der Waals surface area contributed by atoms with E-state index in [0.717, 1.165) is 24.3 Å². The lowest BCUT2D eigenvalue weighted by Crippen LogP contribution is -2.63. The summed E-state index contributed by atoms with van der Waals surface area (Å²) in [6.45, 7) is 8.89. The molecular formula is C22H30F8O12. The summed E-state index contributed by atoms with van der Waals surface area (Å²) in [5.74, 6) is -28.6. The van der Waals surface area contributed by atoms with E-state index in [1.165, 1.54) is 0 Å². The van der Waals surface area contributed by atoms with Gasteiger partial charge in [-0.3, -0.25) is 0 Å². The molecule has 42 heavy (non-hydrogen) atoms. The van der Waals surface area contributed by atoms with Crippen molar-refractivity contribution < 1.29 is 95.2 Å². The third kappa shape index (κ3) is 21.9. The van der Waals surface area contributed by atoms with Crippen LogP contribution < -0.4 is 0 Å². The van der Waals surface area contributed by atoms with Gasteiger partial charge in [0.15, 0.2) is 0 Å². The monoisotopic (exact) mass is 638 g/mol. The second kappa shape index (κ2) is 22.8. The molecule has 0 spiro atoms. The maximum absolute atomic E-state index is 13.2. The molecule has 2 atom stereocenters. The Hall–Kier alpha value is -3.88. The lowest BCUT2D eigenvalue weighted by molar-refractivity contribution is -0.372. The molecule has 8 N–H and O–H groups in total. The van der Waals surface area contributed by atoms with E-state index in [-0.39, 0.29) is 0 Å². The molecule has 0 bridgehead atoms. The number of aliphatic hydroxyl groups excluding tert-OH is 4. The molecule has 12 nitrogen and oxygen atoms in total. The molecule has 0 rings (SSSR count). The van der Waals surface area contributed by atoms with Crippen molar-refractivity contribution in [3.63, 3.8) is 0 Å². The fourth-order valence-corrected chi connectivity index (χ4v) is 1.44. The molecule has 0 saturated heterocycles. The van der Waals surface area contributed by atoms with E-state index in [9.17, 15) is 54.3 Å². The van der Waals surface area contributed by atoms with Crippen LogP contribution >= 0.6 is 0 Å². The lowest BCUT2D eigenvalue weighted by Gasteiger charge is -2.37. The molecule has 0 aliphatic carbocycles. The summed E-state index contributed by atoms with van der Waals surface area (Å²) in [6, 6.07) is 0. The van der Waals surface area contributed by atoms with E-state index in [1.54, 1.807) is 0 Å². The molecule has 0 aliphatic rings. The van der Waals surface area contributed by atoms with Gasteiger partial charge in [-0.2, -0.15) is 35.1 Å². The van der Waals surface area contributed by atoms with E-state index >= 15 is 0 Å². The highest BCUT2D eigenvalue weighted by atomic mass is 19.4. The van der Waals surface area contributed by atoms with Crippen molar-refractivity contribution in [2.45, 2.75) is 48.7 Å². The van der Waals surface area contributed by atoms with Gasteiger partial charge in [0.25, 0.3) is 0 Å². The average Bonchev–Trinajstić information content (AvgIpc) is 2.88. The van der Waals surface area contributed by atoms with Crippen molar-refractivity contribution in [3.8, 4) is 0 Å². The molecule has 0 radical (unpaired) electrons. The molecule has 2 unspecified atom stereocenters. The van der Waals surface area contributed by atoms with Gasteiger partial charge in [0, 0.05) is 37.1 Å². The fraction of sp³-hybridized carbons (Fsp3) is 0.455. The molecule has 246 valence electrons. The average molecular weight is 638 g/mol. The standard InChI is InChI=1S/C10H14F8O4.4C3H4O2/c11-7(12,1-5(21)3-19)9(15,16)10(17,18)8(13,14)2-6(22)4-20;4*1-2-3(4)5/h5-6,19-22H,1-4H2;4*2H,1H2,(H,4,5). The molecule has 0 fully saturated rings. The largest absolute Gasteiger partial charge is 0.478 e. The minimum atomic E-state index is -6.59. The Morgan fingerprint density at radius 1 is 0.524 bits per heavy atom. The lowest BCUT2D eigenvalue weighted by atomic mass is 9.92. The summed E-state index contributed by atoms with van der Waals surface area (Å²) in [4.78, 5) is 37.0. The number of halogens is 8. The van der Waals surface area contributed by atoms with Crippen LogP contribution in [0.15, 0.2) is 50.6 Å². The SMILES string of the molecule is C=CC(=O)O.C=CC(=O)O.C=CC(=O)O.C=CC(=O)O.OCC(O)CC(F)(F)C(F)(F)C(F)(F)C(F)(F)CC(O)CO. The molecule has 0 amide bonds. The van der Waals surface area contributed by atoms with Gasteiger partial charge in [-0.1, -0.05) is 26.3 Å². The minimum absolute atomic E-state index is 0.833. The zero-order valence-electron chi connectivity index (χ0n) is 21.4. The number of carboxylic acid groups (broad SMARTS) is 4. The van der Waals surface area contributed by atoms with Crippen LogP contribution in [0.4, 0.5) is 35.1 Å². The smallest absolute Gasteiger partial charge is 0.378 e. The van der Waals surface area contributed by atoms with Crippen LogP contribution in [0.3, 0.4) is 0 Å². The zero-order chi connectivity index (χ0) is 35.1. The highest BCUT2D eigenvalue weighted by molar-refractivity contribution is 5.79. The number of aliphatic hydroxyl groups is 4. The first-order valence-corrected chi connectivity index (χ1v) is 10.2. The number of carbonyl (C=O) groups is 4. The third-order valence-corrected chi connectivity index (χ3v) is 3.42. The summed E-state index contributed by atoms with van der Waals surface area (Å²) < 4.78 is 105. The van der Waals surface area contributed by atoms with Crippen LogP contribution in [0, 0.1) is 0 Å². The number of rotatable bonds is 13. The van der Waals surface area contributed by atoms with Crippen molar-refractivity contribution >= 4 is 23.9 Å². The van der Waals surface area contributed by atoms with Gasteiger partial charge in [0.1, 0.15) is 0 Å². The van der Waals surface area contributed by atoms with Crippen molar-refractivity contribution in [2.75, 3.05) is 13.2 Å². The van der Waals surface area contributed by atoms with Gasteiger partial charge in [-0.25, -0.2) is 19.2 Å². The summed E-state index contributed by atoms with van der Waals surface area (Å²) >= 11 is 0. The molecule has 0 saturated carbocycles. The number of carboxylic acids is 4. The summed E-state index contributed by atoms with van der Waals surface area (Å²) in [7, 11) is 0. The first kappa shape index (κ1) is 47.9. The second-order valence-electron chi connectivity index (χ2n) is 6.81. The zero-order valence-corrected chi connectivity index (χ0v) is 21.4. The van der Waals surface area contributed by atoms with Crippen LogP contribution in [0.1, 0.15) is 12.8 Å². The quantitative estimate of drug-likeness (QED) is 0.107. The third-order valence-electron chi connectivity index (χ3n) is 3.42. The number of aliphatic carboxylic acids is 4. The Morgan fingerprint density at radius 2 is 0.667 bits per heavy atom. The van der Waals surface area contributed by atoms with Gasteiger partial charge in [0.05, 0.1) is 25.4 Å². The second-order valence-corrected chi connectivity index (χ2v) is 6.81. The van der Waals surface area contributed by atoms with Crippen LogP contribution in [-0.2, 0) is 19.2 Å². The Labute approximate surface area is 232 Å². The van der Waals surface area contributed by atoms with E-state index in [1.807, 2.05) is 0 Å². The Morgan fingerprint density at radius 3 is 0.762 bits per heavy atom. The van der Waals surface area contributed by atoms with Crippen molar-refractivity contribution in [1.29, 1.82) is 0 Å². The fourth-order valence-electron chi connectivity index (χ4n) is 1.44. The van der Waals surface area contributed by atoms with E-state index < -0.39 is 85.8 Å². The van der Waals surface area contributed by atoms with Crippen LogP contribution in [0.5, 0.6) is 0 Å². The molecule has 0 aromatic carbocycles. The van der Waals surface area contributed by atoms with Gasteiger partial charge in [-0.05, 0) is 0 Å². The molecule has 0 aromatic heterocycles. The van der Waals surface area contributed by atoms with Gasteiger partial charge in [0.2, 0.25) is 0 Å². The van der Waals surface area contributed by atoms with Crippen molar-refractivity contribution in [2.24, 2.45) is 0 Å². The molecule has 0 aliphatic heterocycles. The number of hydrogen-bond acceptors (Lipinski definition) is 8. The summed E-state index contributed by atoms with van der Waals surface area (Å²) in [5.41, 5.74) is 0. The normalized spacial score (nSPS) is 12.2. The molecular weight excluding hydrogens is 608 g/mol. The predicted octanol–water partition coefficient (Wildman–Crippen LogP) is 2.04. The van der Waals surface area contributed by atoms with Gasteiger partial charge >= 0.3 is 47.6 Å². The van der Waals surface area contributed by atoms with E-state index in [4.69, 9.17) is 40.9 Å². The molecule has 20 heteroatoms. The molecule has 0 aromatic rings. The number of hydrogen-bond donors (Lipinski definition) is 8. The Kier molecular flexibility index (Phi) is 26.0. The van der Waals surface area contributed by atoms with E-state index in [0.29, 0.717) is 0 Å². The minimum Gasteiger partial charge on any atom is -0.478 e. The number of alkyl halides is 8. The maximum Gasteiger partial charge on any atom is 0.378 e. The van der Waals surface area contributed by atoms with Crippen molar-refractivity contribution in [3.05, 3.63) is 50.6 Å². The van der Waals surface area contributed by atoms with Gasteiger partial charge < -0.3 is 40.9 Å². The highest BCUT2D eigenvalue weighted by Gasteiger charge is 2.80. The summed E-state index contributed by atoms with van der Waals surface area (Å²) in [6.07, 6.45) is -6.50. The van der Waals surface area contributed by atoms with Crippen molar-refractivity contribution in [1.82, 2.24) is 0 Å². The molecule has 0 heterocycles. The predicted molar refractivity (Wildman–Crippen MR) is 127 cm³/mol. The van der Waals surface area contributed by atoms with Crippen LogP contribution in [0.25, 0.3) is 0 Å². The highest BCUT2D eigenvalue weighted by Crippen LogP contribution is 2.55. The van der Waals surface area contributed by atoms with Crippen LogP contribution in [0.2, 0.25) is 0 Å². The maximum atomic E-state index is 13.2. The first-order valence-electron chi connectivity index (χ1n) is 10.2. The Balaban J connectivity index is -0.000000183. The van der Waals surface area contributed by atoms with E-state index in [2.05, 4.69) is 26.3 Å². The first-order chi connectivity index (χ1) is 18.7. The Bertz CT molecular complexity index is 773.